The summed E-state index contributed by atoms with van der Waals surface area (Å²) in [4.78, 5) is 24.8. The van der Waals surface area contributed by atoms with Crippen molar-refractivity contribution in [3.8, 4) is 0 Å². The number of aliphatic imine (C=N–C) groups is 1. The van der Waals surface area contributed by atoms with Crippen molar-refractivity contribution in [3.63, 3.8) is 0 Å². The molecule has 142 valence electrons. The number of para-hydroxylation sites is 1. The molecule has 0 saturated heterocycles. The molecule has 1 aliphatic heterocycles. The minimum Gasteiger partial charge on any atom is -0.292 e. The van der Waals surface area contributed by atoms with Gasteiger partial charge in [-0.1, -0.05) is 23.5 Å². The first-order valence-corrected chi connectivity index (χ1v) is 8.99. The van der Waals surface area contributed by atoms with Crippen LogP contribution in [0, 0.1) is 5.92 Å². The molecule has 0 spiro atoms. The van der Waals surface area contributed by atoms with Crippen LogP contribution in [0.25, 0.3) is 10.2 Å². The Hall–Kier alpha value is -3.14. The lowest BCUT2D eigenvalue weighted by atomic mass is 10.0. The number of rotatable bonds is 4. The fourth-order valence-corrected chi connectivity index (χ4v) is 3.60. The van der Waals surface area contributed by atoms with Gasteiger partial charge in [0, 0.05) is 18.6 Å². The summed E-state index contributed by atoms with van der Waals surface area (Å²) >= 11 is 1.10. The summed E-state index contributed by atoms with van der Waals surface area (Å²) in [5.41, 5.74) is 0.161. The zero-order valence-electron chi connectivity index (χ0n) is 14.2. The van der Waals surface area contributed by atoms with Crippen molar-refractivity contribution in [1.82, 2.24) is 9.97 Å². The highest BCUT2D eigenvalue weighted by Gasteiger charge is 2.50. The highest BCUT2D eigenvalue weighted by molar-refractivity contribution is 7.22. The summed E-state index contributed by atoms with van der Waals surface area (Å²) in [7, 11) is 0. The van der Waals surface area contributed by atoms with Crippen molar-refractivity contribution in [2.24, 2.45) is 16.0 Å². The zero-order chi connectivity index (χ0) is 19.7. The second kappa shape index (κ2) is 7.12. The number of alkyl halides is 3. The number of halogens is 3. The van der Waals surface area contributed by atoms with Crippen molar-refractivity contribution < 1.29 is 18.0 Å². The lowest BCUT2D eigenvalue weighted by Gasteiger charge is -2.09. The average Bonchev–Trinajstić information content (AvgIpc) is 3.24. The predicted molar refractivity (Wildman–Crippen MR) is 101 cm³/mol. The number of amides is 1. The number of aromatic nitrogens is 2. The molecular weight excluding hydrogens is 391 g/mol. The van der Waals surface area contributed by atoms with E-state index in [1.54, 1.807) is 48.8 Å². The Balaban J connectivity index is 1.63. The van der Waals surface area contributed by atoms with Gasteiger partial charge in [-0.2, -0.15) is 23.3 Å². The number of thiazole rings is 1. The molecule has 3 heterocycles. The average molecular weight is 403 g/mol. The molecular formula is C18H12F3N5OS. The first-order valence-electron chi connectivity index (χ1n) is 8.17. The summed E-state index contributed by atoms with van der Waals surface area (Å²) in [5, 5.41) is 4.35. The van der Waals surface area contributed by atoms with E-state index in [0.29, 0.717) is 5.52 Å². The van der Waals surface area contributed by atoms with E-state index in [2.05, 4.69) is 20.1 Å². The minimum atomic E-state index is -4.76. The van der Waals surface area contributed by atoms with E-state index >= 15 is 0 Å². The van der Waals surface area contributed by atoms with Crippen molar-refractivity contribution in [1.29, 1.82) is 0 Å². The molecule has 0 unspecified atom stereocenters. The molecule has 0 N–H and O–H groups in total. The lowest BCUT2D eigenvalue weighted by Crippen LogP contribution is -2.34. The Bertz CT molecular complexity index is 1040. The van der Waals surface area contributed by atoms with Gasteiger partial charge in [-0.3, -0.25) is 14.8 Å². The molecule has 4 rings (SSSR count). The fraction of sp³-hybridized carbons (Fsp3) is 0.167. The molecule has 0 fully saturated rings. The summed E-state index contributed by atoms with van der Waals surface area (Å²) < 4.78 is 41.0. The van der Waals surface area contributed by atoms with Gasteiger partial charge in [0.1, 0.15) is 5.92 Å². The number of nitrogens with zero attached hydrogens (tertiary/aromatic N) is 5. The van der Waals surface area contributed by atoms with Crippen molar-refractivity contribution in [2.45, 2.75) is 12.7 Å². The summed E-state index contributed by atoms with van der Waals surface area (Å²) in [5.74, 6) is -2.43. The molecule has 10 heteroatoms. The van der Waals surface area contributed by atoms with Gasteiger partial charge in [0.15, 0.2) is 5.71 Å². The first kappa shape index (κ1) is 18.2. The maximum atomic E-state index is 13.4. The van der Waals surface area contributed by atoms with Gasteiger partial charge < -0.3 is 0 Å². The lowest BCUT2D eigenvalue weighted by molar-refractivity contribution is -0.119. The number of hydrogen-bond donors (Lipinski definition) is 0. The van der Waals surface area contributed by atoms with E-state index in [-0.39, 0.29) is 11.7 Å². The van der Waals surface area contributed by atoms with E-state index in [1.807, 2.05) is 0 Å². The van der Waals surface area contributed by atoms with Crippen LogP contribution in [-0.4, -0.2) is 34.0 Å². The van der Waals surface area contributed by atoms with Crippen LogP contribution in [0.2, 0.25) is 0 Å². The fourth-order valence-electron chi connectivity index (χ4n) is 2.67. The third-order valence-corrected chi connectivity index (χ3v) is 5.02. The molecule has 1 atom stereocenters. The molecule has 1 amide bonds. The number of hydrazone groups is 1. The number of carbonyl (C=O) groups excluding carboxylic acids is 1. The number of fused-ring (bicyclic) bond motifs is 1. The summed E-state index contributed by atoms with van der Waals surface area (Å²) in [6.45, 7) is 0.137. The Morgan fingerprint density at radius 2 is 1.93 bits per heavy atom. The van der Waals surface area contributed by atoms with Crippen LogP contribution in [0.1, 0.15) is 5.56 Å². The number of pyridine rings is 1. The van der Waals surface area contributed by atoms with Gasteiger partial charge in [0.2, 0.25) is 5.13 Å². The molecule has 1 aliphatic rings. The largest absolute Gasteiger partial charge is 0.432 e. The van der Waals surface area contributed by atoms with Gasteiger partial charge >= 0.3 is 6.18 Å². The standard InChI is InChI=1S/C18H12F3N5OS/c19-18(20,21)15-12(10-23-9-11-5-7-22-8-6-11)16(27)26(25-15)17-24-13-3-1-2-4-14(13)28-17/h1-8,10,12H,9H2/t12-/m1/s1. The smallest absolute Gasteiger partial charge is 0.292 e. The predicted octanol–water partition coefficient (Wildman–Crippen LogP) is 3.84. The van der Waals surface area contributed by atoms with E-state index in [1.165, 1.54) is 0 Å². The number of hydrogen-bond acceptors (Lipinski definition) is 6. The first-order chi connectivity index (χ1) is 13.4. The quantitative estimate of drug-likeness (QED) is 0.622. The Labute approximate surface area is 161 Å². The van der Waals surface area contributed by atoms with Gasteiger partial charge in [0.25, 0.3) is 5.91 Å². The van der Waals surface area contributed by atoms with E-state index in [0.717, 1.165) is 32.8 Å². The Morgan fingerprint density at radius 3 is 2.64 bits per heavy atom. The van der Waals surface area contributed by atoms with E-state index in [4.69, 9.17) is 0 Å². The number of benzene rings is 1. The van der Waals surface area contributed by atoms with Crippen LogP contribution in [0.3, 0.4) is 0 Å². The van der Waals surface area contributed by atoms with Crippen LogP contribution in [0.15, 0.2) is 58.9 Å². The van der Waals surface area contributed by atoms with Gasteiger partial charge in [-0.15, -0.1) is 0 Å². The molecule has 1 aromatic carbocycles. The molecule has 6 nitrogen and oxygen atoms in total. The minimum absolute atomic E-state index is 0.0954. The number of anilines is 1. The van der Waals surface area contributed by atoms with Crippen LogP contribution < -0.4 is 5.01 Å². The monoisotopic (exact) mass is 403 g/mol. The van der Waals surface area contributed by atoms with Crippen LogP contribution in [0.5, 0.6) is 0 Å². The Morgan fingerprint density at radius 1 is 1.18 bits per heavy atom. The highest BCUT2D eigenvalue weighted by atomic mass is 32.1. The Kier molecular flexibility index (Phi) is 4.63. The zero-order valence-corrected chi connectivity index (χ0v) is 15.0. The second-order valence-corrected chi connectivity index (χ2v) is 6.93. The van der Waals surface area contributed by atoms with Crippen molar-refractivity contribution >= 4 is 44.5 Å². The SMILES string of the molecule is O=C1[C@H](C=NCc2ccncc2)C(C(F)(F)F)=NN1c1nc2ccccc2s1. The third-order valence-electron chi connectivity index (χ3n) is 4.01. The highest BCUT2D eigenvalue weighted by Crippen LogP contribution is 2.35. The normalized spacial score (nSPS) is 17.7. The third kappa shape index (κ3) is 3.50. The van der Waals surface area contributed by atoms with Crippen LogP contribution in [-0.2, 0) is 11.3 Å². The number of carbonyl (C=O) groups is 1. The summed E-state index contributed by atoms with van der Waals surface area (Å²) in [6.07, 6.45) is -0.636. The molecule has 28 heavy (non-hydrogen) atoms. The molecule has 2 aromatic heterocycles. The maximum Gasteiger partial charge on any atom is 0.432 e. The van der Waals surface area contributed by atoms with Gasteiger partial charge in [-0.05, 0) is 29.8 Å². The maximum absolute atomic E-state index is 13.4. The summed E-state index contributed by atoms with van der Waals surface area (Å²) in [6, 6.07) is 10.4. The van der Waals surface area contributed by atoms with Crippen LogP contribution in [0.4, 0.5) is 18.3 Å². The molecule has 0 aliphatic carbocycles. The van der Waals surface area contributed by atoms with E-state index in [9.17, 15) is 18.0 Å². The van der Waals surface area contributed by atoms with E-state index < -0.39 is 23.7 Å². The second-order valence-electron chi connectivity index (χ2n) is 5.92. The van der Waals surface area contributed by atoms with Crippen LogP contribution >= 0.6 is 11.3 Å². The van der Waals surface area contributed by atoms with Gasteiger partial charge in [0.05, 0.1) is 16.8 Å². The molecule has 0 radical (unpaired) electrons. The topological polar surface area (TPSA) is 70.8 Å². The molecule has 0 saturated carbocycles. The molecule has 0 bridgehead atoms. The molecule has 3 aromatic rings. The van der Waals surface area contributed by atoms with Crippen molar-refractivity contribution in [3.05, 3.63) is 54.4 Å². The van der Waals surface area contributed by atoms with Crippen molar-refractivity contribution in [2.75, 3.05) is 5.01 Å². The van der Waals surface area contributed by atoms with Gasteiger partial charge in [-0.25, -0.2) is 4.98 Å².